The highest BCUT2D eigenvalue weighted by Crippen LogP contribution is 2.35. The first-order chi connectivity index (χ1) is 5.29. The molecule has 1 saturated carbocycles. The van der Waals surface area contributed by atoms with E-state index in [2.05, 4.69) is 36.7 Å². The summed E-state index contributed by atoms with van der Waals surface area (Å²) in [4.78, 5) is 0. The van der Waals surface area contributed by atoms with Crippen molar-refractivity contribution >= 4 is 25.4 Å². The lowest BCUT2D eigenvalue weighted by atomic mass is 9.95. The molecule has 1 fully saturated rings. The Morgan fingerprint density at radius 2 is 2.27 bits per heavy atom. The monoisotopic (exact) mass is 189 g/mol. The molecule has 0 radical (unpaired) electrons. The van der Waals surface area contributed by atoms with E-state index in [9.17, 15) is 0 Å². The Kier molecular flexibility index (Phi) is 3.66. The zero-order valence-electron chi connectivity index (χ0n) is 6.58. The van der Waals surface area contributed by atoms with E-state index in [0.717, 1.165) is 11.4 Å². The number of rotatable bonds is 3. The third kappa shape index (κ3) is 2.09. The van der Waals surface area contributed by atoms with Crippen LogP contribution in [0.4, 0.5) is 0 Å². The Balaban J connectivity index is 2.49. The van der Waals surface area contributed by atoms with E-state index in [1.165, 1.54) is 19.3 Å². The third-order valence-corrected chi connectivity index (χ3v) is 3.24. The van der Waals surface area contributed by atoms with Gasteiger partial charge in [-0.25, -0.2) is 0 Å². The molecule has 2 atom stereocenters. The zero-order chi connectivity index (χ0) is 8.27. The molecule has 0 saturated heterocycles. The van der Waals surface area contributed by atoms with Crippen molar-refractivity contribution in [3.63, 3.8) is 0 Å². The van der Waals surface area contributed by atoms with Crippen LogP contribution in [0, 0.1) is 11.8 Å². The van der Waals surface area contributed by atoms with Gasteiger partial charge in [0, 0.05) is 11.6 Å². The Hall–Kier alpha value is 0.240. The lowest BCUT2D eigenvalue weighted by Gasteiger charge is -2.18. The summed E-state index contributed by atoms with van der Waals surface area (Å²) in [5.74, 6) is 2.29. The van der Waals surface area contributed by atoms with Gasteiger partial charge in [-0.05, 0) is 24.5 Å². The van der Waals surface area contributed by atoms with Crippen molar-refractivity contribution in [1.29, 1.82) is 0 Å². The average molecular weight is 189 g/mol. The molecule has 0 heterocycles. The predicted molar refractivity (Wildman–Crippen MR) is 55.9 cm³/mol. The standard InChI is InChI=1S/C8H15NS2/c1-6(9-11)8-4-2-3-7(8)5-10/h7-11H,1-5H2. The molecule has 1 N–H and O–H groups in total. The van der Waals surface area contributed by atoms with Crippen LogP contribution in [0.3, 0.4) is 0 Å². The maximum Gasteiger partial charge on any atom is 0.0170 e. The van der Waals surface area contributed by atoms with E-state index in [1.54, 1.807) is 0 Å². The molecule has 3 heteroatoms. The van der Waals surface area contributed by atoms with Crippen LogP contribution >= 0.6 is 25.4 Å². The lowest BCUT2D eigenvalue weighted by molar-refractivity contribution is 0.481. The zero-order valence-corrected chi connectivity index (χ0v) is 8.37. The quantitative estimate of drug-likeness (QED) is 0.579. The minimum Gasteiger partial charge on any atom is -0.336 e. The molecule has 0 spiro atoms. The summed E-state index contributed by atoms with van der Waals surface area (Å²) >= 11 is 8.31. The van der Waals surface area contributed by atoms with Crippen molar-refractivity contribution in [2.75, 3.05) is 5.75 Å². The van der Waals surface area contributed by atoms with Crippen LogP contribution in [0.5, 0.6) is 0 Å². The predicted octanol–water partition coefficient (Wildman–Crippen LogP) is 2.28. The van der Waals surface area contributed by atoms with Crippen LogP contribution in [0.15, 0.2) is 12.3 Å². The number of allylic oxidation sites excluding steroid dienone is 1. The van der Waals surface area contributed by atoms with E-state index in [0.29, 0.717) is 11.8 Å². The van der Waals surface area contributed by atoms with Gasteiger partial charge in [0.25, 0.3) is 0 Å². The van der Waals surface area contributed by atoms with Gasteiger partial charge in [-0.3, -0.25) is 0 Å². The molecule has 1 aliphatic carbocycles. The van der Waals surface area contributed by atoms with Crippen LogP contribution in [0.1, 0.15) is 19.3 Å². The summed E-state index contributed by atoms with van der Waals surface area (Å²) < 4.78 is 2.84. The molecule has 0 aromatic carbocycles. The smallest absolute Gasteiger partial charge is 0.0170 e. The third-order valence-electron chi connectivity index (χ3n) is 2.48. The summed E-state index contributed by atoms with van der Waals surface area (Å²) in [7, 11) is 0. The topological polar surface area (TPSA) is 12.0 Å². The SMILES string of the molecule is C=C(NS)C1CCCC1CS. The molecular formula is C8H15NS2. The summed E-state index contributed by atoms with van der Waals surface area (Å²) in [6.07, 6.45) is 3.85. The summed E-state index contributed by atoms with van der Waals surface area (Å²) in [5.41, 5.74) is 1.06. The molecule has 1 aliphatic rings. The second-order valence-electron chi connectivity index (χ2n) is 3.12. The van der Waals surface area contributed by atoms with Gasteiger partial charge in [-0.2, -0.15) is 12.6 Å². The highest BCUT2D eigenvalue weighted by Gasteiger charge is 2.27. The number of thiol groups is 2. The van der Waals surface area contributed by atoms with Crippen molar-refractivity contribution in [2.45, 2.75) is 19.3 Å². The van der Waals surface area contributed by atoms with Crippen molar-refractivity contribution in [3.8, 4) is 0 Å². The minimum atomic E-state index is 0.602. The molecule has 11 heavy (non-hydrogen) atoms. The van der Waals surface area contributed by atoms with E-state index >= 15 is 0 Å². The van der Waals surface area contributed by atoms with Crippen molar-refractivity contribution in [1.82, 2.24) is 4.72 Å². The van der Waals surface area contributed by atoms with Crippen LogP contribution in [0.25, 0.3) is 0 Å². The molecule has 0 aromatic heterocycles. The number of hydrogen-bond donors (Lipinski definition) is 3. The van der Waals surface area contributed by atoms with Crippen LogP contribution in [0.2, 0.25) is 0 Å². The molecule has 64 valence electrons. The maximum atomic E-state index is 4.31. The number of nitrogens with one attached hydrogen (secondary N) is 1. The average Bonchev–Trinajstić information content (AvgIpc) is 2.50. The minimum absolute atomic E-state index is 0.602. The highest BCUT2D eigenvalue weighted by molar-refractivity contribution is 7.80. The molecule has 1 rings (SSSR count). The molecule has 0 aliphatic heterocycles. The van der Waals surface area contributed by atoms with Crippen molar-refractivity contribution < 1.29 is 0 Å². The molecule has 2 unspecified atom stereocenters. The van der Waals surface area contributed by atoms with Gasteiger partial charge >= 0.3 is 0 Å². The molecule has 0 bridgehead atoms. The molecule has 1 nitrogen and oxygen atoms in total. The van der Waals surface area contributed by atoms with Gasteiger partial charge < -0.3 is 4.72 Å². The summed E-state index contributed by atoms with van der Waals surface area (Å²) in [6.45, 7) is 3.93. The normalized spacial score (nSPS) is 30.4. The summed E-state index contributed by atoms with van der Waals surface area (Å²) in [6, 6.07) is 0. The Morgan fingerprint density at radius 1 is 1.55 bits per heavy atom. The van der Waals surface area contributed by atoms with Crippen LogP contribution in [-0.4, -0.2) is 5.75 Å². The van der Waals surface area contributed by atoms with Gasteiger partial charge in [0.2, 0.25) is 0 Å². The van der Waals surface area contributed by atoms with E-state index in [1.807, 2.05) is 0 Å². The van der Waals surface area contributed by atoms with Crippen LogP contribution in [-0.2, 0) is 0 Å². The van der Waals surface area contributed by atoms with Crippen LogP contribution < -0.4 is 4.72 Å². The van der Waals surface area contributed by atoms with Gasteiger partial charge in [-0.15, -0.1) is 0 Å². The fraction of sp³-hybridized carbons (Fsp3) is 0.750. The fourth-order valence-electron chi connectivity index (χ4n) is 1.80. The molecular weight excluding hydrogens is 174 g/mol. The highest BCUT2D eigenvalue weighted by atomic mass is 32.1. The lowest BCUT2D eigenvalue weighted by Crippen LogP contribution is -2.17. The Bertz CT molecular complexity index is 147. The van der Waals surface area contributed by atoms with E-state index in [-0.39, 0.29) is 0 Å². The van der Waals surface area contributed by atoms with E-state index < -0.39 is 0 Å². The first-order valence-electron chi connectivity index (χ1n) is 3.99. The first kappa shape index (κ1) is 9.33. The molecule has 0 amide bonds. The van der Waals surface area contributed by atoms with Gasteiger partial charge in [0.15, 0.2) is 0 Å². The molecule has 0 aromatic rings. The van der Waals surface area contributed by atoms with Gasteiger partial charge in [0.1, 0.15) is 0 Å². The van der Waals surface area contributed by atoms with Gasteiger partial charge in [0.05, 0.1) is 0 Å². The van der Waals surface area contributed by atoms with Crippen molar-refractivity contribution in [3.05, 3.63) is 12.3 Å². The first-order valence-corrected chi connectivity index (χ1v) is 5.07. The largest absolute Gasteiger partial charge is 0.336 e. The fourth-order valence-corrected chi connectivity index (χ4v) is 2.40. The van der Waals surface area contributed by atoms with Gasteiger partial charge in [-0.1, -0.05) is 25.8 Å². The summed E-state index contributed by atoms with van der Waals surface area (Å²) in [5, 5.41) is 0. The maximum absolute atomic E-state index is 4.31. The second kappa shape index (κ2) is 4.31. The van der Waals surface area contributed by atoms with Crippen molar-refractivity contribution in [2.24, 2.45) is 11.8 Å². The van der Waals surface area contributed by atoms with E-state index in [4.69, 9.17) is 0 Å². The Morgan fingerprint density at radius 3 is 2.82 bits per heavy atom. The Labute approximate surface area is 79.6 Å². The second-order valence-corrected chi connectivity index (χ2v) is 3.71. The number of hydrogen-bond acceptors (Lipinski definition) is 3.